The number of carboxylic acids is 1. The first kappa shape index (κ1) is 23.2. The fraction of sp³-hybridized carbons (Fsp3) is 0.348. The molecule has 0 aliphatic heterocycles. The van der Waals surface area contributed by atoms with Crippen LogP contribution in [0.5, 0.6) is 0 Å². The van der Waals surface area contributed by atoms with Crippen LogP contribution in [0.2, 0.25) is 0 Å². The van der Waals surface area contributed by atoms with E-state index in [9.17, 15) is 19.5 Å². The van der Waals surface area contributed by atoms with Crippen molar-refractivity contribution in [1.29, 1.82) is 0 Å². The van der Waals surface area contributed by atoms with Gasteiger partial charge in [0.05, 0.1) is 12.6 Å². The molecule has 3 rings (SSSR count). The topological polar surface area (TPSA) is 134 Å². The van der Waals surface area contributed by atoms with Gasteiger partial charge in [0.25, 0.3) is 0 Å². The summed E-state index contributed by atoms with van der Waals surface area (Å²) in [5.41, 5.74) is 4.31. The lowest BCUT2D eigenvalue weighted by Crippen LogP contribution is -2.54. The number of carboxylic acid groups (broad SMARTS) is 1. The number of aliphatic hydroxyl groups is 1. The first-order valence-corrected chi connectivity index (χ1v) is 10.2. The van der Waals surface area contributed by atoms with E-state index in [0.29, 0.717) is 0 Å². The van der Waals surface area contributed by atoms with E-state index in [4.69, 9.17) is 14.6 Å². The van der Waals surface area contributed by atoms with Crippen LogP contribution in [0, 0.1) is 0 Å². The van der Waals surface area contributed by atoms with Crippen LogP contribution in [0.15, 0.2) is 48.5 Å². The van der Waals surface area contributed by atoms with Crippen LogP contribution in [0.4, 0.5) is 4.79 Å². The van der Waals surface area contributed by atoms with Crippen LogP contribution in [0.25, 0.3) is 11.1 Å². The molecule has 0 bridgehead atoms. The number of hydrogen-bond acceptors (Lipinski definition) is 6. The van der Waals surface area contributed by atoms with Gasteiger partial charge >= 0.3 is 12.1 Å². The minimum absolute atomic E-state index is 0.0767. The molecule has 2 amide bonds. The Morgan fingerprint density at radius 3 is 2.12 bits per heavy atom. The van der Waals surface area contributed by atoms with Gasteiger partial charge in [0, 0.05) is 13.0 Å². The Kier molecular flexibility index (Phi) is 7.45. The van der Waals surface area contributed by atoms with Crippen molar-refractivity contribution in [2.75, 3.05) is 20.3 Å². The maximum atomic E-state index is 12.5. The molecule has 0 radical (unpaired) electrons. The molecule has 3 atom stereocenters. The number of methoxy groups -OCH3 is 1. The highest BCUT2D eigenvalue weighted by Gasteiger charge is 2.31. The Morgan fingerprint density at radius 2 is 1.59 bits per heavy atom. The second kappa shape index (κ2) is 10.3. The molecule has 170 valence electrons. The number of aliphatic carboxylic acids is 1. The molecule has 0 saturated heterocycles. The molecule has 0 fully saturated rings. The van der Waals surface area contributed by atoms with Gasteiger partial charge in [0.2, 0.25) is 5.91 Å². The van der Waals surface area contributed by atoms with Gasteiger partial charge in [-0.25, -0.2) is 9.59 Å². The van der Waals surface area contributed by atoms with Gasteiger partial charge in [-0.3, -0.25) is 4.79 Å². The van der Waals surface area contributed by atoms with Gasteiger partial charge in [0.1, 0.15) is 12.6 Å². The van der Waals surface area contributed by atoms with Gasteiger partial charge in [-0.15, -0.1) is 0 Å². The summed E-state index contributed by atoms with van der Waals surface area (Å²) >= 11 is 0. The highest BCUT2D eigenvalue weighted by molar-refractivity contribution is 5.87. The van der Waals surface area contributed by atoms with Crippen molar-refractivity contribution in [2.24, 2.45) is 0 Å². The number of amides is 2. The summed E-state index contributed by atoms with van der Waals surface area (Å²) in [6.07, 6.45) is -3.29. The van der Waals surface area contributed by atoms with E-state index in [1.54, 1.807) is 6.92 Å². The second-order valence-electron chi connectivity index (χ2n) is 7.49. The minimum atomic E-state index is -1.76. The number of benzene rings is 2. The normalized spacial score (nSPS) is 15.1. The smallest absolute Gasteiger partial charge is 0.407 e. The number of hydrogen-bond donors (Lipinski definition) is 4. The molecular weight excluding hydrogens is 416 g/mol. The number of rotatable bonds is 9. The molecule has 0 aromatic heterocycles. The molecule has 1 aliphatic carbocycles. The molecule has 0 heterocycles. The highest BCUT2D eigenvalue weighted by atomic mass is 16.5. The molecule has 0 saturated carbocycles. The third-order valence-electron chi connectivity index (χ3n) is 5.50. The molecule has 9 heteroatoms. The van der Waals surface area contributed by atoms with Crippen LogP contribution in [-0.2, 0) is 19.1 Å². The molecule has 2 aromatic carbocycles. The molecule has 0 spiro atoms. The lowest BCUT2D eigenvalue weighted by molar-refractivity contribution is -0.146. The van der Waals surface area contributed by atoms with E-state index in [1.165, 1.54) is 7.11 Å². The number of fused-ring (bicyclic) bond motifs is 3. The maximum Gasteiger partial charge on any atom is 0.407 e. The van der Waals surface area contributed by atoms with Crippen LogP contribution < -0.4 is 10.6 Å². The predicted octanol–water partition coefficient (Wildman–Crippen LogP) is 1.49. The average molecular weight is 442 g/mol. The first-order chi connectivity index (χ1) is 15.3. The summed E-state index contributed by atoms with van der Waals surface area (Å²) < 4.78 is 10.6. The van der Waals surface area contributed by atoms with Crippen molar-refractivity contribution in [3.8, 4) is 11.1 Å². The van der Waals surface area contributed by atoms with Crippen molar-refractivity contribution in [3.05, 3.63) is 59.7 Å². The van der Waals surface area contributed by atoms with Gasteiger partial charge in [-0.1, -0.05) is 48.5 Å². The van der Waals surface area contributed by atoms with Gasteiger partial charge < -0.3 is 30.3 Å². The van der Waals surface area contributed by atoms with Crippen LogP contribution >= 0.6 is 0 Å². The summed E-state index contributed by atoms with van der Waals surface area (Å²) in [5, 5.41) is 22.8. The van der Waals surface area contributed by atoms with E-state index in [0.717, 1.165) is 22.3 Å². The van der Waals surface area contributed by atoms with Crippen molar-refractivity contribution >= 4 is 18.0 Å². The van der Waals surface area contributed by atoms with Gasteiger partial charge in [-0.2, -0.15) is 0 Å². The number of nitrogens with one attached hydrogen (secondary N) is 2. The van der Waals surface area contributed by atoms with E-state index >= 15 is 0 Å². The van der Waals surface area contributed by atoms with E-state index in [2.05, 4.69) is 10.6 Å². The standard InChI is InChI=1S/C23H26N2O7/c1-13(31-2)20(21(27)24-11-19(26)22(28)29)25-23(30)32-12-18-16-9-5-3-7-14(16)15-8-4-6-10-17(15)18/h3-10,13,18-20,26H,11-12H2,1-2H3,(H,24,27)(H,25,30)(H,28,29). The van der Waals surface area contributed by atoms with E-state index in [1.807, 2.05) is 48.5 Å². The zero-order chi connectivity index (χ0) is 23.3. The molecule has 9 nitrogen and oxygen atoms in total. The number of carbonyl (C=O) groups excluding carboxylic acids is 2. The van der Waals surface area contributed by atoms with E-state index in [-0.39, 0.29) is 12.5 Å². The molecule has 32 heavy (non-hydrogen) atoms. The molecular formula is C23H26N2O7. The fourth-order valence-corrected chi connectivity index (χ4v) is 3.69. The van der Waals surface area contributed by atoms with E-state index < -0.39 is 42.8 Å². The predicted molar refractivity (Wildman–Crippen MR) is 115 cm³/mol. The lowest BCUT2D eigenvalue weighted by Gasteiger charge is -2.24. The summed E-state index contributed by atoms with van der Waals surface area (Å²) in [5.74, 6) is -2.30. The molecule has 4 N–H and O–H groups in total. The van der Waals surface area contributed by atoms with Gasteiger partial charge in [0.15, 0.2) is 6.10 Å². The van der Waals surface area contributed by atoms with Crippen molar-refractivity contribution in [1.82, 2.24) is 10.6 Å². The Hall–Kier alpha value is -3.43. The Labute approximate surface area is 185 Å². The van der Waals surface area contributed by atoms with Crippen molar-refractivity contribution < 1.29 is 34.1 Å². The largest absolute Gasteiger partial charge is 0.479 e. The summed E-state index contributed by atoms with van der Waals surface area (Å²) in [4.78, 5) is 35.6. The fourth-order valence-electron chi connectivity index (χ4n) is 3.69. The van der Waals surface area contributed by atoms with Gasteiger partial charge in [-0.05, 0) is 29.2 Å². The van der Waals surface area contributed by atoms with Crippen LogP contribution in [0.1, 0.15) is 24.0 Å². The quantitative estimate of drug-likeness (QED) is 0.462. The highest BCUT2D eigenvalue weighted by Crippen LogP contribution is 2.44. The minimum Gasteiger partial charge on any atom is -0.479 e. The third kappa shape index (κ3) is 5.06. The second-order valence-corrected chi connectivity index (χ2v) is 7.49. The van der Waals surface area contributed by atoms with Crippen molar-refractivity contribution in [2.45, 2.75) is 31.1 Å². The summed E-state index contributed by atoms with van der Waals surface area (Å²) in [6, 6.07) is 14.7. The summed E-state index contributed by atoms with van der Waals surface area (Å²) in [6.45, 7) is 1.14. The monoisotopic (exact) mass is 442 g/mol. The summed E-state index contributed by atoms with van der Waals surface area (Å²) in [7, 11) is 1.37. The lowest BCUT2D eigenvalue weighted by atomic mass is 9.98. The molecule has 3 unspecified atom stereocenters. The maximum absolute atomic E-state index is 12.5. The number of carbonyl (C=O) groups is 3. The zero-order valence-electron chi connectivity index (χ0n) is 17.8. The van der Waals surface area contributed by atoms with Crippen LogP contribution in [-0.4, -0.2) is 66.7 Å². The third-order valence-corrected chi connectivity index (χ3v) is 5.50. The molecule has 1 aliphatic rings. The first-order valence-electron chi connectivity index (χ1n) is 10.2. The Bertz CT molecular complexity index is 948. The number of alkyl carbamates (subject to hydrolysis) is 1. The molecule has 2 aromatic rings. The Morgan fingerprint density at radius 1 is 1.03 bits per heavy atom. The number of aliphatic hydroxyl groups excluding tert-OH is 1. The van der Waals surface area contributed by atoms with Crippen molar-refractivity contribution in [3.63, 3.8) is 0 Å². The SMILES string of the molecule is COC(C)C(NC(=O)OCC1c2ccccc2-c2ccccc21)C(=O)NCC(O)C(=O)O. The van der Waals surface area contributed by atoms with Crippen LogP contribution in [0.3, 0.4) is 0 Å². The Balaban J connectivity index is 1.64. The number of ether oxygens (including phenoxy) is 2. The zero-order valence-corrected chi connectivity index (χ0v) is 17.8. The average Bonchev–Trinajstić information content (AvgIpc) is 3.12.